The van der Waals surface area contributed by atoms with Crippen LogP contribution in [-0.4, -0.2) is 4.70 Å². The number of benzene rings is 2. The van der Waals surface area contributed by atoms with E-state index >= 15 is 0 Å². The molecule has 0 unspecified atom stereocenters. The van der Waals surface area contributed by atoms with Crippen molar-refractivity contribution in [1.29, 1.82) is 0 Å². The van der Waals surface area contributed by atoms with Crippen LogP contribution in [0, 0.1) is 0 Å². The van der Waals surface area contributed by atoms with Gasteiger partial charge in [0.25, 0.3) is 0 Å². The second kappa shape index (κ2) is 70.1. The molecule has 0 atom stereocenters. The van der Waals surface area contributed by atoms with Crippen molar-refractivity contribution in [3.05, 3.63) is 88.0 Å². The molecule has 0 bridgehead atoms. The predicted octanol–water partition coefficient (Wildman–Crippen LogP) is 32.9. The summed E-state index contributed by atoms with van der Waals surface area (Å²) < 4.78 is 1.46. The SMILES string of the molecule is CCCCCCCCCCCCCCCCCCCCCCCCCCc1ccc(C2=C(CCCC)C=C(c3ccc(CCCCCC)cc3)[N+]2=[N-])cc1.CCCCCCCCCCCCCCCCCC[CH2][Pd][CH2]CCCCCCCCCCCCCCCCCC. The van der Waals surface area contributed by atoms with E-state index in [9.17, 15) is 5.53 Å². The summed E-state index contributed by atoms with van der Waals surface area (Å²) in [5, 5.41) is 0. The number of rotatable bonds is 71. The van der Waals surface area contributed by atoms with Gasteiger partial charge in [-0.1, -0.05) is 309 Å². The Kier molecular flexibility index (Phi) is 65.7. The Morgan fingerprint density at radius 1 is 0.237 bits per heavy atom. The molecule has 0 N–H and O–H groups in total. The van der Waals surface area contributed by atoms with Gasteiger partial charge in [-0.15, -0.1) is 0 Å². The first-order chi connectivity index (χ1) is 46.1. The van der Waals surface area contributed by atoms with Crippen LogP contribution in [0.1, 0.15) is 474 Å². The van der Waals surface area contributed by atoms with Crippen molar-refractivity contribution in [3.8, 4) is 0 Å². The van der Waals surface area contributed by atoms with Gasteiger partial charge in [0.15, 0.2) is 0 Å². The monoisotopic (exact) mass is 1380 g/mol. The van der Waals surface area contributed by atoms with Crippen LogP contribution in [0.5, 0.6) is 0 Å². The van der Waals surface area contributed by atoms with Gasteiger partial charge in [-0.3, -0.25) is 0 Å². The van der Waals surface area contributed by atoms with Crippen LogP contribution in [0.2, 0.25) is 9.79 Å². The minimum Gasteiger partial charge on any atom is -0.0654 e. The van der Waals surface area contributed by atoms with E-state index in [0.717, 1.165) is 72.6 Å². The molecule has 3 heteroatoms. The number of aryl methyl sites for hydroxylation is 2. The Hall–Kier alpha value is -1.82. The number of nitrogens with zero attached hydrogens (tertiary/aromatic N) is 2. The summed E-state index contributed by atoms with van der Waals surface area (Å²) in [5.74, 6) is 0. The smallest absolute Gasteiger partial charge is 0.0654 e. The Balaban J connectivity index is 0.000000670. The van der Waals surface area contributed by atoms with Gasteiger partial charge < -0.3 is 5.53 Å². The molecule has 1 aliphatic rings. The third-order valence-corrected chi connectivity index (χ3v) is 22.8. The van der Waals surface area contributed by atoms with Crippen LogP contribution in [0.3, 0.4) is 0 Å². The Labute approximate surface area is 592 Å². The topological polar surface area (TPSA) is 25.3 Å². The average molecular weight is 1380 g/mol. The first-order valence-corrected chi connectivity index (χ1v) is 44.9. The van der Waals surface area contributed by atoms with E-state index in [4.69, 9.17) is 0 Å². The summed E-state index contributed by atoms with van der Waals surface area (Å²) in [6.45, 7) is 11.4. The molecule has 0 spiro atoms. The van der Waals surface area contributed by atoms with E-state index in [-0.39, 0.29) is 0 Å². The van der Waals surface area contributed by atoms with Gasteiger partial charge in [0.1, 0.15) is 0 Å². The molecule has 0 radical (unpaired) electrons. The van der Waals surface area contributed by atoms with E-state index in [1.165, 1.54) is 419 Å². The Morgan fingerprint density at radius 2 is 0.452 bits per heavy atom. The number of unbranched alkanes of at least 4 members (excludes halogenated alkanes) is 59. The number of hydrogen-bond acceptors (Lipinski definition) is 0. The minimum absolute atomic E-state index is 0.901. The molecule has 2 aromatic rings. The van der Waals surface area contributed by atoms with E-state index in [1.807, 2.05) is 0 Å². The van der Waals surface area contributed by atoms with Gasteiger partial charge in [0.05, 0.1) is 0 Å². The van der Waals surface area contributed by atoms with Gasteiger partial charge in [-0.05, 0) is 73.9 Å². The molecular weight excluding hydrogens is 1220 g/mol. The van der Waals surface area contributed by atoms with Crippen LogP contribution >= 0.6 is 0 Å². The van der Waals surface area contributed by atoms with Gasteiger partial charge in [-0.2, -0.15) is 0 Å². The van der Waals surface area contributed by atoms with Crippen LogP contribution in [0.15, 0.2) is 60.2 Å². The maximum absolute atomic E-state index is 11.5. The van der Waals surface area contributed by atoms with Gasteiger partial charge >= 0.3 is 169 Å². The van der Waals surface area contributed by atoms with Crippen LogP contribution in [0.4, 0.5) is 0 Å². The molecule has 542 valence electrons. The Morgan fingerprint density at radius 3 is 0.710 bits per heavy atom. The molecule has 1 heterocycles. The second-order valence-corrected chi connectivity index (χ2v) is 32.0. The third kappa shape index (κ3) is 53.8. The molecule has 93 heavy (non-hydrogen) atoms. The molecule has 0 fully saturated rings. The molecule has 1 aliphatic heterocycles. The van der Waals surface area contributed by atoms with E-state index in [0.29, 0.717) is 0 Å². The zero-order chi connectivity index (χ0) is 66.5. The number of hydrogen-bond donors (Lipinski definition) is 0. The van der Waals surface area contributed by atoms with Gasteiger partial charge in [-0.25, -0.2) is 4.70 Å². The molecule has 2 aromatic carbocycles. The quantitative estimate of drug-likeness (QED) is 0.0358. The van der Waals surface area contributed by atoms with E-state index < -0.39 is 0 Å². The van der Waals surface area contributed by atoms with Gasteiger partial charge in [0.2, 0.25) is 11.4 Å². The summed E-state index contributed by atoms with van der Waals surface area (Å²) in [6, 6.07) is 17.9. The van der Waals surface area contributed by atoms with Crippen molar-refractivity contribution in [1.82, 2.24) is 0 Å². The van der Waals surface area contributed by atoms with E-state index in [2.05, 4.69) is 89.2 Å². The maximum atomic E-state index is 11.5. The van der Waals surface area contributed by atoms with Crippen LogP contribution in [-0.2, 0) is 30.8 Å². The normalized spacial score (nSPS) is 12.4. The molecule has 0 aliphatic carbocycles. The van der Waals surface area contributed by atoms with E-state index in [1.54, 1.807) is 9.79 Å². The van der Waals surface area contributed by atoms with Crippen molar-refractivity contribution >= 4 is 11.4 Å². The van der Waals surface area contributed by atoms with Crippen LogP contribution in [0.25, 0.3) is 16.9 Å². The zero-order valence-electron chi connectivity index (χ0n) is 63.7. The van der Waals surface area contributed by atoms with Crippen molar-refractivity contribution in [3.63, 3.8) is 0 Å². The molecule has 0 amide bonds. The summed E-state index contributed by atoms with van der Waals surface area (Å²) in [6.07, 6.45) is 97.9. The summed E-state index contributed by atoms with van der Waals surface area (Å²) in [7, 11) is 0. The van der Waals surface area contributed by atoms with Crippen molar-refractivity contribution in [2.45, 2.75) is 475 Å². The molecule has 0 saturated heterocycles. The fraction of sp³-hybridized carbons (Fsp3) is 0.822. The molecule has 0 saturated carbocycles. The first kappa shape index (κ1) is 87.3. The molecular formula is C90H162N2Pd. The molecule has 3 rings (SSSR count). The molecule has 0 aromatic heterocycles. The van der Waals surface area contributed by atoms with Crippen LogP contribution < -0.4 is 0 Å². The first-order valence-electron chi connectivity index (χ1n) is 42.7. The third-order valence-electron chi connectivity index (χ3n) is 20.6. The van der Waals surface area contributed by atoms with Crippen molar-refractivity contribution in [2.75, 3.05) is 0 Å². The summed E-state index contributed by atoms with van der Waals surface area (Å²) in [5.41, 5.74) is 19.6. The van der Waals surface area contributed by atoms with Crippen molar-refractivity contribution < 1.29 is 22.7 Å². The summed E-state index contributed by atoms with van der Waals surface area (Å²) in [4.78, 5) is 3.09. The Bertz CT molecular complexity index is 1870. The summed E-state index contributed by atoms with van der Waals surface area (Å²) >= 11 is 1.06. The second-order valence-electron chi connectivity index (χ2n) is 29.7. The predicted molar refractivity (Wildman–Crippen MR) is 417 cm³/mol. The van der Waals surface area contributed by atoms with Crippen molar-refractivity contribution in [2.24, 2.45) is 0 Å². The fourth-order valence-corrected chi connectivity index (χ4v) is 16.1. The zero-order valence-corrected chi connectivity index (χ0v) is 65.3. The fourth-order valence-electron chi connectivity index (χ4n) is 14.2. The number of allylic oxidation sites excluding steroid dienone is 2. The molecule has 2 nitrogen and oxygen atoms in total. The average Bonchev–Trinajstić information content (AvgIpc) is 1.70. The minimum atomic E-state index is 0.901. The standard InChI is InChI=1S/C52H84N2.2C19H39.Pd/c1-4-7-10-12-13-14-15-16-17-18-19-20-21-22-23-24-25-26-27-28-29-30-31-33-35-47-39-43-49(44-40-47)52-50(36-9-6-3)45-51(54(52)53)48-41-37-46(38-42-48)34-32-11-8-5-2;2*1-3-5-7-9-11-13-15-17-19-18-16-14-12-10-8-6-4-2;/h37-45H,4-36H2,1-3H3;2*1,3-19H2,2H3;. The van der Waals surface area contributed by atoms with Gasteiger partial charge in [0, 0.05) is 22.8 Å².